The maximum Gasteiger partial charge on any atom is 0.240 e. The molecule has 0 radical (unpaired) electrons. The van der Waals surface area contributed by atoms with Crippen LogP contribution in [0.3, 0.4) is 0 Å². The van der Waals surface area contributed by atoms with E-state index in [0.29, 0.717) is 12.0 Å². The highest BCUT2D eigenvalue weighted by Crippen LogP contribution is 2.29. The van der Waals surface area contributed by atoms with E-state index in [1.165, 1.54) is 0 Å². The molecule has 0 spiro atoms. The van der Waals surface area contributed by atoms with Crippen molar-refractivity contribution in [2.45, 2.75) is 43.5 Å². The number of sulfonamides is 1. The number of nitrogens with zero attached hydrogens (tertiary/aromatic N) is 1. The van der Waals surface area contributed by atoms with Crippen molar-refractivity contribution >= 4 is 15.9 Å². The number of rotatable bonds is 8. The summed E-state index contributed by atoms with van der Waals surface area (Å²) in [6, 6.07) is 7.02. The van der Waals surface area contributed by atoms with Crippen LogP contribution in [0.5, 0.6) is 0 Å². The second-order valence-corrected chi connectivity index (χ2v) is 8.73. The minimum atomic E-state index is -3.57. The van der Waals surface area contributed by atoms with Gasteiger partial charge in [-0.2, -0.15) is 0 Å². The topological polar surface area (TPSA) is 75.7 Å². The fourth-order valence-corrected chi connectivity index (χ4v) is 4.11. The van der Waals surface area contributed by atoms with E-state index in [9.17, 15) is 13.2 Å². The Kier molecular flexibility index (Phi) is 5.76. The number of ether oxygens (including phenoxy) is 1. The predicted octanol–water partition coefficient (Wildman–Crippen LogP) is 1.69. The summed E-state index contributed by atoms with van der Waals surface area (Å²) in [7, 11) is -3.57. The van der Waals surface area contributed by atoms with E-state index >= 15 is 0 Å². The van der Waals surface area contributed by atoms with Gasteiger partial charge in [0.25, 0.3) is 0 Å². The zero-order valence-electron chi connectivity index (χ0n) is 14.6. The van der Waals surface area contributed by atoms with Crippen molar-refractivity contribution in [3.63, 3.8) is 0 Å². The Morgan fingerprint density at radius 3 is 2.56 bits per heavy atom. The van der Waals surface area contributed by atoms with Crippen molar-refractivity contribution in [3.8, 4) is 0 Å². The Balaban J connectivity index is 1.51. The summed E-state index contributed by atoms with van der Waals surface area (Å²) >= 11 is 0. The molecule has 0 aromatic heterocycles. The number of carbonyl (C=O) groups is 1. The molecule has 1 saturated heterocycles. The molecule has 1 atom stereocenters. The van der Waals surface area contributed by atoms with Crippen LogP contribution in [0.1, 0.15) is 31.2 Å². The number of nitrogens with one attached hydrogen (secondary N) is 1. The van der Waals surface area contributed by atoms with Crippen molar-refractivity contribution < 1.29 is 17.9 Å². The second-order valence-electron chi connectivity index (χ2n) is 6.97. The Hall–Kier alpha value is -1.44. The molecule has 3 rings (SSSR count). The molecule has 2 aliphatic rings. The summed E-state index contributed by atoms with van der Waals surface area (Å²) < 4.78 is 32.5. The first-order valence-corrected chi connectivity index (χ1v) is 10.4. The molecule has 6 nitrogen and oxygen atoms in total. The number of carbonyl (C=O) groups excluding carboxylic acids is 1. The molecular formula is C18H26N2O4S. The molecule has 0 bridgehead atoms. The summed E-state index contributed by atoms with van der Waals surface area (Å²) in [5.41, 5.74) is 1.00. The minimum absolute atomic E-state index is 0.0287. The average molecular weight is 366 g/mol. The van der Waals surface area contributed by atoms with Crippen LogP contribution in [-0.4, -0.2) is 51.6 Å². The summed E-state index contributed by atoms with van der Waals surface area (Å²) in [5.74, 6) is 0.440. The Bertz CT molecular complexity index is 692. The van der Waals surface area contributed by atoms with Gasteiger partial charge < -0.3 is 9.64 Å². The molecule has 1 aromatic rings. The number of hydrogen-bond donors (Lipinski definition) is 1. The first kappa shape index (κ1) is 18.4. The van der Waals surface area contributed by atoms with Crippen molar-refractivity contribution in [1.29, 1.82) is 0 Å². The van der Waals surface area contributed by atoms with E-state index in [4.69, 9.17) is 4.74 Å². The molecule has 25 heavy (non-hydrogen) atoms. The second kappa shape index (κ2) is 7.85. The van der Waals surface area contributed by atoms with Crippen LogP contribution < -0.4 is 4.72 Å². The van der Waals surface area contributed by atoms with Gasteiger partial charge in [-0.1, -0.05) is 17.7 Å². The van der Waals surface area contributed by atoms with Crippen LogP contribution in [0, 0.1) is 12.8 Å². The van der Waals surface area contributed by atoms with Crippen LogP contribution in [-0.2, 0) is 19.6 Å². The van der Waals surface area contributed by atoms with Gasteiger partial charge in [0.15, 0.2) is 0 Å². The normalized spacial score (nSPS) is 20.6. The predicted molar refractivity (Wildman–Crippen MR) is 94.6 cm³/mol. The molecule has 1 saturated carbocycles. The molecule has 1 N–H and O–H groups in total. The smallest absolute Gasteiger partial charge is 0.240 e. The summed E-state index contributed by atoms with van der Waals surface area (Å²) in [6.45, 7) is 4.25. The molecule has 1 aliphatic carbocycles. The lowest BCUT2D eigenvalue weighted by atomic mass is 10.1. The third-order valence-electron chi connectivity index (χ3n) is 4.75. The van der Waals surface area contributed by atoms with E-state index in [2.05, 4.69) is 4.72 Å². The first-order valence-electron chi connectivity index (χ1n) is 8.89. The van der Waals surface area contributed by atoms with E-state index in [-0.39, 0.29) is 23.8 Å². The fraction of sp³-hybridized carbons (Fsp3) is 0.611. The number of amides is 1. The van der Waals surface area contributed by atoms with Crippen molar-refractivity contribution in [2.75, 3.05) is 26.3 Å². The third kappa shape index (κ3) is 5.03. The highest BCUT2D eigenvalue weighted by Gasteiger charge is 2.34. The standard InChI is InChI=1S/C18H26N2O4S/c1-14-2-6-17(7-3-14)25(22,23)19-10-8-18(21)20(16-4-5-16)12-15-9-11-24-13-15/h2-3,6-7,15-16,19H,4-5,8-13H2,1H3/t15-/m1/s1. The van der Waals surface area contributed by atoms with E-state index in [1.54, 1.807) is 24.3 Å². The molecule has 1 heterocycles. The van der Waals surface area contributed by atoms with Gasteiger partial charge in [0.2, 0.25) is 15.9 Å². The molecule has 2 fully saturated rings. The molecule has 138 valence electrons. The van der Waals surface area contributed by atoms with Crippen LogP contribution >= 0.6 is 0 Å². The average Bonchev–Trinajstić information content (AvgIpc) is 3.28. The van der Waals surface area contributed by atoms with Gasteiger partial charge in [-0.15, -0.1) is 0 Å². The molecular weight excluding hydrogens is 340 g/mol. The van der Waals surface area contributed by atoms with Crippen LogP contribution in [0.2, 0.25) is 0 Å². The zero-order valence-corrected chi connectivity index (χ0v) is 15.4. The van der Waals surface area contributed by atoms with Crippen molar-refractivity contribution in [1.82, 2.24) is 9.62 Å². The van der Waals surface area contributed by atoms with E-state index in [0.717, 1.165) is 44.6 Å². The molecule has 1 aromatic carbocycles. The largest absolute Gasteiger partial charge is 0.381 e. The van der Waals surface area contributed by atoms with Gasteiger partial charge in [0.05, 0.1) is 11.5 Å². The molecule has 7 heteroatoms. The summed E-state index contributed by atoms with van der Waals surface area (Å²) in [4.78, 5) is 14.7. The lowest BCUT2D eigenvalue weighted by molar-refractivity contribution is -0.132. The van der Waals surface area contributed by atoms with Gasteiger partial charge in [-0.25, -0.2) is 13.1 Å². The Morgan fingerprint density at radius 1 is 1.24 bits per heavy atom. The van der Waals surface area contributed by atoms with Crippen LogP contribution in [0.15, 0.2) is 29.2 Å². The third-order valence-corrected chi connectivity index (χ3v) is 6.23. The SMILES string of the molecule is Cc1ccc(S(=O)(=O)NCCC(=O)N(C[C@H]2CCOC2)C2CC2)cc1. The van der Waals surface area contributed by atoms with Gasteiger partial charge in [-0.05, 0) is 38.3 Å². The monoisotopic (exact) mass is 366 g/mol. The Labute approximate surface area is 149 Å². The number of hydrogen-bond acceptors (Lipinski definition) is 4. The molecule has 0 unspecified atom stereocenters. The van der Waals surface area contributed by atoms with Crippen LogP contribution in [0.25, 0.3) is 0 Å². The highest BCUT2D eigenvalue weighted by molar-refractivity contribution is 7.89. The van der Waals surface area contributed by atoms with Gasteiger partial charge in [0.1, 0.15) is 0 Å². The van der Waals surface area contributed by atoms with Gasteiger partial charge >= 0.3 is 0 Å². The van der Waals surface area contributed by atoms with Crippen LogP contribution in [0.4, 0.5) is 0 Å². The minimum Gasteiger partial charge on any atom is -0.381 e. The summed E-state index contributed by atoms with van der Waals surface area (Å²) in [6.07, 6.45) is 3.29. The quantitative estimate of drug-likeness (QED) is 0.760. The van der Waals surface area contributed by atoms with Gasteiger partial charge in [0, 0.05) is 38.1 Å². The highest BCUT2D eigenvalue weighted by atomic mass is 32.2. The van der Waals surface area contributed by atoms with Gasteiger partial charge in [-0.3, -0.25) is 4.79 Å². The summed E-state index contributed by atoms with van der Waals surface area (Å²) in [5, 5.41) is 0. The number of benzene rings is 1. The lowest BCUT2D eigenvalue weighted by Crippen LogP contribution is -2.39. The Morgan fingerprint density at radius 2 is 1.96 bits per heavy atom. The molecule has 1 amide bonds. The molecule has 1 aliphatic heterocycles. The lowest BCUT2D eigenvalue weighted by Gasteiger charge is -2.25. The maximum absolute atomic E-state index is 12.5. The zero-order chi connectivity index (χ0) is 17.9. The number of aryl methyl sites for hydroxylation is 1. The van der Waals surface area contributed by atoms with E-state index in [1.807, 2.05) is 11.8 Å². The maximum atomic E-state index is 12.5. The fourth-order valence-electron chi connectivity index (χ4n) is 3.08. The first-order chi connectivity index (χ1) is 12.0. The van der Waals surface area contributed by atoms with Crippen molar-refractivity contribution in [2.24, 2.45) is 5.92 Å². The van der Waals surface area contributed by atoms with E-state index < -0.39 is 10.0 Å². The van der Waals surface area contributed by atoms with Crippen molar-refractivity contribution in [3.05, 3.63) is 29.8 Å².